The molecule has 174 valence electrons. The van der Waals surface area contributed by atoms with Gasteiger partial charge in [-0.2, -0.15) is 0 Å². The van der Waals surface area contributed by atoms with E-state index in [4.69, 9.17) is 9.72 Å². The van der Waals surface area contributed by atoms with Gasteiger partial charge in [0.15, 0.2) is 5.13 Å². The molecule has 1 amide bonds. The number of aromatic nitrogens is 1. The van der Waals surface area contributed by atoms with Crippen molar-refractivity contribution in [2.24, 2.45) is 0 Å². The van der Waals surface area contributed by atoms with Crippen LogP contribution in [-0.2, 0) is 17.6 Å². The van der Waals surface area contributed by atoms with Gasteiger partial charge in [0.2, 0.25) is 5.91 Å². The first-order chi connectivity index (χ1) is 16.5. The summed E-state index contributed by atoms with van der Waals surface area (Å²) in [5.74, 6) is 0.860. The Bertz CT molecular complexity index is 1260. The molecule has 0 N–H and O–H groups in total. The summed E-state index contributed by atoms with van der Waals surface area (Å²) in [6.07, 6.45) is 1.95. The van der Waals surface area contributed by atoms with E-state index in [2.05, 4.69) is 45.0 Å². The smallest absolute Gasteiger partial charge is 0.233 e. The molecule has 4 nitrogen and oxygen atoms in total. The summed E-state index contributed by atoms with van der Waals surface area (Å²) in [6, 6.07) is 24.3. The van der Waals surface area contributed by atoms with Gasteiger partial charge in [-0.25, -0.2) is 4.98 Å². The van der Waals surface area contributed by atoms with Gasteiger partial charge in [-0.3, -0.25) is 9.69 Å². The Labute approximate surface area is 205 Å². The zero-order valence-corrected chi connectivity index (χ0v) is 21.0. The molecular formula is C29H30N2O2S. The minimum Gasteiger partial charge on any atom is -0.497 e. The number of carbonyl (C=O) groups excluding carboxylic acids is 1. The largest absolute Gasteiger partial charge is 0.497 e. The average molecular weight is 471 g/mol. The third-order valence-electron chi connectivity index (χ3n) is 5.87. The van der Waals surface area contributed by atoms with Crippen molar-refractivity contribution in [3.8, 4) is 17.0 Å². The van der Waals surface area contributed by atoms with Crippen LogP contribution in [0.3, 0.4) is 0 Å². The van der Waals surface area contributed by atoms with Crippen molar-refractivity contribution in [3.05, 3.63) is 94.4 Å². The number of benzene rings is 3. The molecule has 0 bridgehead atoms. The Morgan fingerprint density at radius 3 is 2.38 bits per heavy atom. The van der Waals surface area contributed by atoms with Crippen LogP contribution in [0.4, 0.5) is 10.8 Å². The molecule has 0 saturated carbocycles. The summed E-state index contributed by atoms with van der Waals surface area (Å²) in [7, 11) is 1.66. The number of hydrogen-bond acceptors (Lipinski definition) is 4. The Kier molecular flexibility index (Phi) is 7.43. The second-order valence-corrected chi connectivity index (χ2v) is 9.42. The van der Waals surface area contributed by atoms with Crippen LogP contribution in [0.1, 0.15) is 34.9 Å². The molecule has 34 heavy (non-hydrogen) atoms. The third kappa shape index (κ3) is 5.20. The number of carbonyl (C=O) groups is 1. The fourth-order valence-corrected chi connectivity index (χ4v) is 5.11. The molecular weight excluding hydrogens is 440 g/mol. The molecule has 0 aliphatic heterocycles. The van der Waals surface area contributed by atoms with E-state index in [-0.39, 0.29) is 5.91 Å². The molecule has 4 rings (SSSR count). The highest BCUT2D eigenvalue weighted by Crippen LogP contribution is 2.38. The van der Waals surface area contributed by atoms with E-state index in [9.17, 15) is 4.79 Å². The maximum Gasteiger partial charge on any atom is 0.233 e. The number of ether oxygens (including phenoxy) is 1. The molecule has 0 saturated heterocycles. The number of anilines is 2. The highest BCUT2D eigenvalue weighted by molar-refractivity contribution is 7.16. The van der Waals surface area contributed by atoms with Crippen molar-refractivity contribution < 1.29 is 9.53 Å². The first-order valence-electron chi connectivity index (χ1n) is 11.6. The van der Waals surface area contributed by atoms with Crippen molar-refractivity contribution in [1.82, 2.24) is 4.98 Å². The molecule has 4 aromatic rings. The predicted octanol–water partition coefficient (Wildman–Crippen LogP) is 7.30. The van der Waals surface area contributed by atoms with E-state index in [0.29, 0.717) is 18.0 Å². The van der Waals surface area contributed by atoms with Crippen molar-refractivity contribution in [2.75, 3.05) is 12.0 Å². The molecule has 0 radical (unpaired) electrons. The van der Waals surface area contributed by atoms with Crippen molar-refractivity contribution in [3.63, 3.8) is 0 Å². The topological polar surface area (TPSA) is 42.4 Å². The lowest BCUT2D eigenvalue weighted by Crippen LogP contribution is -2.26. The van der Waals surface area contributed by atoms with Crippen LogP contribution < -0.4 is 9.64 Å². The zero-order chi connectivity index (χ0) is 24.1. The van der Waals surface area contributed by atoms with E-state index in [1.807, 2.05) is 53.4 Å². The lowest BCUT2D eigenvalue weighted by Gasteiger charge is -2.22. The van der Waals surface area contributed by atoms with Gasteiger partial charge in [0.25, 0.3) is 0 Å². The zero-order valence-electron chi connectivity index (χ0n) is 20.2. The molecule has 0 aliphatic carbocycles. The number of thiazole rings is 1. The number of hydrogen-bond donors (Lipinski definition) is 0. The molecule has 0 unspecified atom stereocenters. The normalized spacial score (nSPS) is 10.8. The lowest BCUT2D eigenvalue weighted by molar-refractivity contribution is -0.117. The maximum absolute atomic E-state index is 13.7. The van der Waals surface area contributed by atoms with Crippen LogP contribution in [0.15, 0.2) is 72.8 Å². The van der Waals surface area contributed by atoms with Crippen LogP contribution in [0.5, 0.6) is 5.75 Å². The Balaban J connectivity index is 1.73. The van der Waals surface area contributed by atoms with E-state index in [1.54, 1.807) is 18.4 Å². The van der Waals surface area contributed by atoms with Gasteiger partial charge in [0, 0.05) is 16.9 Å². The fourth-order valence-electron chi connectivity index (χ4n) is 4.06. The number of rotatable bonds is 8. The molecule has 0 aliphatic rings. The molecule has 1 heterocycles. The van der Waals surface area contributed by atoms with Gasteiger partial charge < -0.3 is 4.74 Å². The minimum absolute atomic E-state index is 0.0495. The first kappa shape index (κ1) is 23.7. The standard InChI is InChI=1S/C29H30N2O2S/c1-5-26-28(23-13-15-24(33-4)16-14-23)30-29(34-26)31(25-17-11-20(2)19-21(25)3)27(32)18-12-22-9-7-6-8-10-22/h6-11,13-17,19H,5,12,18H2,1-4H3. The van der Waals surface area contributed by atoms with Gasteiger partial charge >= 0.3 is 0 Å². The summed E-state index contributed by atoms with van der Waals surface area (Å²) < 4.78 is 5.31. The average Bonchev–Trinajstić information content (AvgIpc) is 3.29. The summed E-state index contributed by atoms with van der Waals surface area (Å²) in [5.41, 5.74) is 6.23. The maximum atomic E-state index is 13.7. The van der Waals surface area contributed by atoms with Crippen molar-refractivity contribution >= 4 is 28.1 Å². The highest BCUT2D eigenvalue weighted by atomic mass is 32.1. The van der Waals surface area contributed by atoms with Crippen LogP contribution in [0, 0.1) is 13.8 Å². The molecule has 1 aromatic heterocycles. The molecule has 0 spiro atoms. The van der Waals surface area contributed by atoms with E-state index >= 15 is 0 Å². The molecule has 5 heteroatoms. The SMILES string of the molecule is CCc1sc(N(C(=O)CCc2ccccc2)c2ccc(C)cc2C)nc1-c1ccc(OC)cc1. The first-order valence-corrected chi connectivity index (χ1v) is 12.4. The molecule has 3 aromatic carbocycles. The Morgan fingerprint density at radius 1 is 1.00 bits per heavy atom. The second-order valence-electron chi connectivity index (χ2n) is 8.35. The quantitative estimate of drug-likeness (QED) is 0.271. The van der Waals surface area contributed by atoms with Crippen LogP contribution in [0.25, 0.3) is 11.3 Å². The second kappa shape index (κ2) is 10.7. The van der Waals surface area contributed by atoms with Gasteiger partial charge in [-0.05, 0) is 68.1 Å². The van der Waals surface area contributed by atoms with E-state index in [0.717, 1.165) is 45.1 Å². The summed E-state index contributed by atoms with van der Waals surface area (Å²) in [5, 5.41) is 0.715. The predicted molar refractivity (Wildman–Crippen MR) is 141 cm³/mol. The highest BCUT2D eigenvalue weighted by Gasteiger charge is 2.25. The monoisotopic (exact) mass is 470 g/mol. The van der Waals surface area contributed by atoms with Gasteiger partial charge in [-0.1, -0.05) is 55.0 Å². The van der Waals surface area contributed by atoms with Crippen LogP contribution in [-0.4, -0.2) is 18.0 Å². The summed E-state index contributed by atoms with van der Waals surface area (Å²) in [6.45, 7) is 6.25. The number of aryl methyl sites for hydroxylation is 4. The minimum atomic E-state index is 0.0495. The Hall–Kier alpha value is -3.44. The lowest BCUT2D eigenvalue weighted by atomic mass is 10.1. The fraction of sp³-hybridized carbons (Fsp3) is 0.241. The molecule has 0 fully saturated rings. The van der Waals surface area contributed by atoms with Crippen LogP contribution >= 0.6 is 11.3 Å². The van der Waals surface area contributed by atoms with Gasteiger partial charge in [-0.15, -0.1) is 11.3 Å². The van der Waals surface area contributed by atoms with Gasteiger partial charge in [0.05, 0.1) is 18.5 Å². The van der Waals surface area contributed by atoms with Crippen molar-refractivity contribution in [1.29, 1.82) is 0 Å². The third-order valence-corrected chi connectivity index (χ3v) is 7.06. The summed E-state index contributed by atoms with van der Waals surface area (Å²) >= 11 is 1.59. The van der Waals surface area contributed by atoms with Gasteiger partial charge in [0.1, 0.15) is 5.75 Å². The van der Waals surface area contributed by atoms with E-state index < -0.39 is 0 Å². The number of amides is 1. The summed E-state index contributed by atoms with van der Waals surface area (Å²) in [4.78, 5) is 21.6. The number of methoxy groups -OCH3 is 1. The van der Waals surface area contributed by atoms with E-state index in [1.165, 1.54) is 5.56 Å². The number of nitrogens with zero attached hydrogens (tertiary/aromatic N) is 2. The Morgan fingerprint density at radius 2 is 1.74 bits per heavy atom. The van der Waals surface area contributed by atoms with Crippen molar-refractivity contribution in [2.45, 2.75) is 40.0 Å². The van der Waals surface area contributed by atoms with Crippen LogP contribution in [0.2, 0.25) is 0 Å². The molecule has 0 atom stereocenters.